The van der Waals surface area contributed by atoms with Gasteiger partial charge in [0.15, 0.2) is 0 Å². The number of carbonyl (C=O) groups is 1. The van der Waals surface area contributed by atoms with Crippen molar-refractivity contribution < 1.29 is 15.0 Å². The topological polar surface area (TPSA) is 94.8 Å². The van der Waals surface area contributed by atoms with Crippen LogP contribution in [-0.4, -0.2) is 32.6 Å². The lowest BCUT2D eigenvalue weighted by atomic mass is 10.1. The largest absolute Gasteiger partial charge is 0.508 e. The number of hydrogen-bond donors (Lipinski definition) is 3. The van der Waals surface area contributed by atoms with Crippen molar-refractivity contribution in [1.82, 2.24) is 10.4 Å². The number of rotatable bonds is 5. The number of aromatic nitrogens is 1. The smallest absolute Gasteiger partial charge is 0.250 e. The molecule has 0 fully saturated rings. The molecule has 0 saturated carbocycles. The Kier molecular flexibility index (Phi) is 5.38. The summed E-state index contributed by atoms with van der Waals surface area (Å²) in [4.78, 5) is 17.4. The summed E-state index contributed by atoms with van der Waals surface area (Å²) in [6.45, 7) is 1.66. The highest BCUT2D eigenvalue weighted by atomic mass is 32.2. The van der Waals surface area contributed by atoms with Crippen LogP contribution in [0.5, 0.6) is 11.5 Å². The molecule has 0 aliphatic heterocycles. The Morgan fingerprint density at radius 1 is 1.19 bits per heavy atom. The average molecular weight is 367 g/mol. The SMILES string of the molecule is C/C(=N\NC(=O)CSc1cccc2cccnc12)c1ccc(O)cc1O. The molecule has 0 unspecified atom stereocenters. The zero-order valence-electron chi connectivity index (χ0n) is 14.0. The molecule has 132 valence electrons. The van der Waals surface area contributed by atoms with E-state index in [1.54, 1.807) is 13.1 Å². The number of amides is 1. The van der Waals surface area contributed by atoms with Gasteiger partial charge in [-0.05, 0) is 31.2 Å². The van der Waals surface area contributed by atoms with Crippen molar-refractivity contribution in [3.05, 3.63) is 60.3 Å². The minimum atomic E-state index is -0.263. The van der Waals surface area contributed by atoms with Crippen molar-refractivity contribution >= 4 is 34.3 Å². The lowest BCUT2D eigenvalue weighted by Gasteiger charge is -2.06. The molecule has 0 radical (unpaired) electrons. The Morgan fingerprint density at radius 2 is 2.00 bits per heavy atom. The van der Waals surface area contributed by atoms with Crippen LogP contribution in [0.2, 0.25) is 0 Å². The molecule has 1 amide bonds. The molecule has 3 rings (SSSR count). The summed E-state index contributed by atoms with van der Waals surface area (Å²) in [5.41, 5.74) is 4.21. The van der Waals surface area contributed by atoms with Crippen LogP contribution in [0.1, 0.15) is 12.5 Å². The Hall–Kier alpha value is -3.06. The fraction of sp³-hybridized carbons (Fsp3) is 0.105. The van der Waals surface area contributed by atoms with Gasteiger partial charge in [-0.2, -0.15) is 5.10 Å². The number of para-hydroxylation sites is 1. The lowest BCUT2D eigenvalue weighted by Crippen LogP contribution is -2.21. The number of thioether (sulfide) groups is 1. The molecule has 1 aromatic heterocycles. The van der Waals surface area contributed by atoms with Crippen molar-refractivity contribution in [2.75, 3.05) is 5.75 Å². The van der Waals surface area contributed by atoms with Crippen molar-refractivity contribution in [3.8, 4) is 11.5 Å². The maximum absolute atomic E-state index is 12.1. The van der Waals surface area contributed by atoms with E-state index in [4.69, 9.17) is 0 Å². The first kappa shape index (κ1) is 17.8. The summed E-state index contributed by atoms with van der Waals surface area (Å²) in [6, 6.07) is 13.9. The van der Waals surface area contributed by atoms with E-state index < -0.39 is 0 Å². The minimum Gasteiger partial charge on any atom is -0.508 e. The number of nitrogens with zero attached hydrogens (tertiary/aromatic N) is 2. The van der Waals surface area contributed by atoms with Gasteiger partial charge in [-0.3, -0.25) is 9.78 Å². The second-order valence-electron chi connectivity index (χ2n) is 5.55. The van der Waals surface area contributed by atoms with Crippen molar-refractivity contribution in [2.45, 2.75) is 11.8 Å². The zero-order valence-corrected chi connectivity index (χ0v) is 14.8. The Balaban J connectivity index is 1.63. The maximum Gasteiger partial charge on any atom is 0.250 e. The molecular weight excluding hydrogens is 350 g/mol. The molecule has 3 N–H and O–H groups in total. The fourth-order valence-corrected chi connectivity index (χ4v) is 3.23. The maximum atomic E-state index is 12.1. The molecule has 0 aliphatic carbocycles. The van der Waals surface area contributed by atoms with Crippen LogP contribution in [0.3, 0.4) is 0 Å². The van der Waals surface area contributed by atoms with Crippen LogP contribution in [0.25, 0.3) is 10.9 Å². The van der Waals surface area contributed by atoms with Gasteiger partial charge in [-0.25, -0.2) is 5.43 Å². The second kappa shape index (κ2) is 7.88. The molecule has 0 atom stereocenters. The molecule has 1 heterocycles. The summed E-state index contributed by atoms with van der Waals surface area (Å²) in [5, 5.41) is 24.2. The molecule has 2 aromatic carbocycles. The number of fused-ring (bicyclic) bond motifs is 1. The van der Waals surface area contributed by atoms with E-state index in [2.05, 4.69) is 15.5 Å². The third-order valence-corrected chi connectivity index (χ3v) is 4.72. The number of nitrogens with one attached hydrogen (secondary N) is 1. The first-order valence-electron chi connectivity index (χ1n) is 7.86. The number of phenolic OH excluding ortho intramolecular Hbond substituents is 2. The zero-order chi connectivity index (χ0) is 18.5. The quantitative estimate of drug-likeness (QED) is 0.365. The normalized spacial score (nSPS) is 11.5. The lowest BCUT2D eigenvalue weighted by molar-refractivity contribution is -0.118. The molecule has 0 saturated heterocycles. The summed E-state index contributed by atoms with van der Waals surface area (Å²) in [6.07, 6.45) is 1.73. The number of hydrogen-bond acceptors (Lipinski definition) is 6. The van der Waals surface area contributed by atoms with E-state index >= 15 is 0 Å². The number of phenols is 2. The van der Waals surface area contributed by atoms with Crippen molar-refractivity contribution in [2.24, 2.45) is 5.10 Å². The molecule has 0 aliphatic rings. The predicted octanol–water partition coefficient (Wildman–Crippen LogP) is 3.28. The van der Waals surface area contributed by atoms with Gasteiger partial charge in [0.25, 0.3) is 0 Å². The third kappa shape index (κ3) is 4.12. The number of aromatic hydroxyl groups is 2. The fourth-order valence-electron chi connectivity index (χ4n) is 2.40. The Bertz CT molecular complexity index is 983. The third-order valence-electron chi connectivity index (χ3n) is 3.67. The molecule has 26 heavy (non-hydrogen) atoms. The van der Waals surface area contributed by atoms with E-state index in [0.717, 1.165) is 15.8 Å². The van der Waals surface area contributed by atoms with Crippen molar-refractivity contribution in [3.63, 3.8) is 0 Å². The van der Waals surface area contributed by atoms with E-state index in [9.17, 15) is 15.0 Å². The highest BCUT2D eigenvalue weighted by Crippen LogP contribution is 2.26. The van der Waals surface area contributed by atoms with Crippen molar-refractivity contribution in [1.29, 1.82) is 0 Å². The second-order valence-corrected chi connectivity index (χ2v) is 6.57. The number of carbonyl (C=O) groups excluding carboxylic acids is 1. The van der Waals surface area contributed by atoms with Crippen LogP contribution in [0.15, 0.2) is 64.7 Å². The van der Waals surface area contributed by atoms with Crippen LogP contribution in [-0.2, 0) is 4.79 Å². The summed E-state index contributed by atoms with van der Waals surface area (Å²) in [5.74, 6) is -0.214. The molecule has 6 nitrogen and oxygen atoms in total. The van der Waals surface area contributed by atoms with Crippen LogP contribution >= 0.6 is 11.8 Å². The standard InChI is InChI=1S/C19H17N3O3S/c1-12(15-8-7-14(23)10-16(15)24)21-22-18(25)11-26-17-6-2-4-13-5-3-9-20-19(13)17/h2-10,23-24H,11H2,1H3,(H,22,25)/b21-12+. The van der Waals surface area contributed by atoms with Crippen LogP contribution in [0, 0.1) is 0 Å². The monoisotopic (exact) mass is 367 g/mol. The van der Waals surface area contributed by atoms with E-state index in [-0.39, 0.29) is 23.2 Å². The molecule has 3 aromatic rings. The number of pyridine rings is 1. The summed E-state index contributed by atoms with van der Waals surface area (Å²) >= 11 is 1.38. The summed E-state index contributed by atoms with van der Waals surface area (Å²) < 4.78 is 0. The van der Waals surface area contributed by atoms with Gasteiger partial charge in [0.2, 0.25) is 5.91 Å². The average Bonchev–Trinajstić information content (AvgIpc) is 2.64. The molecule has 0 spiro atoms. The van der Waals surface area contributed by atoms with Gasteiger partial charge in [-0.15, -0.1) is 11.8 Å². The number of hydrazone groups is 1. The van der Waals surface area contributed by atoms with Gasteiger partial charge >= 0.3 is 0 Å². The minimum absolute atomic E-state index is 0.0387. The van der Waals surface area contributed by atoms with Crippen LogP contribution in [0.4, 0.5) is 0 Å². The van der Waals surface area contributed by atoms with Gasteiger partial charge in [0, 0.05) is 28.1 Å². The van der Waals surface area contributed by atoms with E-state index in [1.165, 1.54) is 30.0 Å². The van der Waals surface area contributed by atoms with Gasteiger partial charge in [0.1, 0.15) is 11.5 Å². The predicted molar refractivity (Wildman–Crippen MR) is 103 cm³/mol. The first-order valence-corrected chi connectivity index (χ1v) is 8.85. The molecule has 7 heteroatoms. The first-order chi connectivity index (χ1) is 12.5. The van der Waals surface area contributed by atoms with Crippen LogP contribution < -0.4 is 5.43 Å². The van der Waals surface area contributed by atoms with Gasteiger partial charge in [-0.1, -0.05) is 18.2 Å². The highest BCUT2D eigenvalue weighted by Gasteiger charge is 2.08. The number of benzene rings is 2. The molecule has 0 bridgehead atoms. The van der Waals surface area contributed by atoms with E-state index in [0.29, 0.717) is 11.3 Å². The molecular formula is C19H17N3O3S. The Labute approximate surface area is 154 Å². The van der Waals surface area contributed by atoms with Gasteiger partial charge in [0.05, 0.1) is 17.0 Å². The highest BCUT2D eigenvalue weighted by molar-refractivity contribution is 8.00. The Morgan fingerprint density at radius 3 is 2.81 bits per heavy atom. The van der Waals surface area contributed by atoms with E-state index in [1.807, 2.05) is 30.3 Å². The summed E-state index contributed by atoms with van der Waals surface area (Å²) in [7, 11) is 0. The van der Waals surface area contributed by atoms with Gasteiger partial charge < -0.3 is 10.2 Å².